The van der Waals surface area contributed by atoms with Crippen molar-refractivity contribution in [2.45, 2.75) is 29.7 Å². The molecule has 3 heterocycles. The van der Waals surface area contributed by atoms with E-state index >= 15 is 0 Å². The van der Waals surface area contributed by atoms with Crippen molar-refractivity contribution in [1.82, 2.24) is 14.2 Å². The number of hydrogen-bond acceptors (Lipinski definition) is 5. The van der Waals surface area contributed by atoms with E-state index in [9.17, 15) is 22.0 Å². The quantitative estimate of drug-likeness (QED) is 0.480. The molecule has 2 saturated heterocycles. The number of carbonyl (C=O) groups is 1. The number of nitrogens with one attached hydrogen (secondary N) is 1. The second-order valence-electron chi connectivity index (χ2n) is 9.75. The zero-order chi connectivity index (χ0) is 26.4. The third-order valence-electron chi connectivity index (χ3n) is 7.21. The van der Waals surface area contributed by atoms with Gasteiger partial charge in [0.2, 0.25) is 15.9 Å². The van der Waals surface area contributed by atoms with Gasteiger partial charge in [-0.25, -0.2) is 21.5 Å². The molecule has 2 aliphatic rings. The minimum atomic E-state index is -3.94. The fourth-order valence-electron chi connectivity index (χ4n) is 4.71. The van der Waals surface area contributed by atoms with E-state index < -0.39 is 22.5 Å². The summed E-state index contributed by atoms with van der Waals surface area (Å²) in [4.78, 5) is 19.0. The molecule has 0 aliphatic carbocycles. The summed E-state index contributed by atoms with van der Waals surface area (Å²) in [7, 11) is -0.810. The van der Waals surface area contributed by atoms with Crippen molar-refractivity contribution >= 4 is 32.5 Å². The highest BCUT2D eigenvalue weighted by atomic mass is 32.2. The molecule has 37 heavy (non-hydrogen) atoms. The lowest BCUT2D eigenvalue weighted by Crippen LogP contribution is -2.50. The average molecular weight is 533 g/mol. The van der Waals surface area contributed by atoms with Crippen LogP contribution in [-0.4, -0.2) is 87.4 Å². The second kappa shape index (κ2) is 9.70. The van der Waals surface area contributed by atoms with Crippen LogP contribution in [0.3, 0.4) is 0 Å². The van der Waals surface area contributed by atoms with Crippen LogP contribution in [0.2, 0.25) is 0 Å². The van der Waals surface area contributed by atoms with Gasteiger partial charge in [0.1, 0.15) is 0 Å². The Bertz CT molecular complexity index is 1390. The molecule has 1 amide bonds. The lowest BCUT2D eigenvalue weighted by molar-refractivity contribution is -0.141. The van der Waals surface area contributed by atoms with Crippen molar-refractivity contribution in [3.63, 3.8) is 0 Å². The van der Waals surface area contributed by atoms with Gasteiger partial charge in [-0.3, -0.25) is 4.79 Å². The third-order valence-corrected chi connectivity index (χ3v) is 9.06. The molecule has 0 unspecified atom stereocenters. The first-order chi connectivity index (χ1) is 17.5. The Labute approximate surface area is 214 Å². The molecule has 8 nitrogen and oxygen atoms in total. The standard InChI is InChI=1S/C26H30F2N4O4S/c1-30(11-9-25(33)31(2)19-15-36-16-19)37(34,35)20-7-8-24(32-12-10-26(27,28)17-32)21(14-20)23-13-18-5-3-4-6-22(18)29-23/h3-8,13-14,19,29H,9-12,15-17H2,1-2H3. The molecule has 3 aromatic rings. The van der Waals surface area contributed by atoms with Gasteiger partial charge in [-0.15, -0.1) is 0 Å². The number of amides is 1. The molecule has 2 aliphatic heterocycles. The smallest absolute Gasteiger partial charge is 0.266 e. The molecular weight excluding hydrogens is 502 g/mol. The summed E-state index contributed by atoms with van der Waals surface area (Å²) < 4.78 is 61.3. The molecule has 0 saturated carbocycles. The van der Waals surface area contributed by atoms with Crippen LogP contribution in [-0.2, 0) is 19.6 Å². The molecule has 0 radical (unpaired) electrons. The molecule has 1 aromatic heterocycles. The van der Waals surface area contributed by atoms with Gasteiger partial charge in [0.15, 0.2) is 0 Å². The predicted molar refractivity (Wildman–Crippen MR) is 137 cm³/mol. The Morgan fingerprint density at radius 1 is 1.16 bits per heavy atom. The summed E-state index contributed by atoms with van der Waals surface area (Å²) in [6.45, 7) is 0.743. The summed E-state index contributed by atoms with van der Waals surface area (Å²) in [5.41, 5.74) is 2.58. The maximum Gasteiger partial charge on any atom is 0.266 e. The maximum atomic E-state index is 14.0. The SMILES string of the molecule is CN(C(=O)CCN(C)S(=O)(=O)c1ccc(N2CCC(F)(F)C2)c(-c2cc3ccccc3[nH]2)c1)C1COC1. The van der Waals surface area contributed by atoms with E-state index in [1.54, 1.807) is 22.9 Å². The molecule has 0 spiro atoms. The number of aromatic nitrogens is 1. The van der Waals surface area contributed by atoms with Crippen LogP contribution in [0.15, 0.2) is 53.4 Å². The van der Waals surface area contributed by atoms with Crippen molar-refractivity contribution in [3.8, 4) is 11.3 Å². The summed E-state index contributed by atoms with van der Waals surface area (Å²) in [5.74, 6) is -2.95. The molecule has 5 rings (SSSR count). The van der Waals surface area contributed by atoms with Gasteiger partial charge in [-0.05, 0) is 30.3 Å². The number of aromatic amines is 1. The number of H-pyrrole nitrogens is 1. The van der Waals surface area contributed by atoms with Gasteiger partial charge in [-0.2, -0.15) is 0 Å². The van der Waals surface area contributed by atoms with Gasteiger partial charge in [0.05, 0.1) is 30.7 Å². The van der Waals surface area contributed by atoms with Crippen LogP contribution in [0.4, 0.5) is 14.5 Å². The van der Waals surface area contributed by atoms with Crippen molar-refractivity contribution in [2.75, 3.05) is 51.8 Å². The Kier molecular flexibility index (Phi) is 6.71. The fourth-order valence-corrected chi connectivity index (χ4v) is 5.91. The van der Waals surface area contributed by atoms with Gasteiger partial charge in [-0.1, -0.05) is 18.2 Å². The number of nitrogens with zero attached hydrogens (tertiary/aromatic N) is 3. The second-order valence-corrected chi connectivity index (χ2v) is 11.8. The van der Waals surface area contributed by atoms with Crippen molar-refractivity contribution < 1.29 is 26.7 Å². The van der Waals surface area contributed by atoms with Gasteiger partial charge in [0, 0.05) is 67.9 Å². The van der Waals surface area contributed by atoms with E-state index in [2.05, 4.69) is 4.98 Å². The number of rotatable bonds is 8. The molecule has 198 valence electrons. The summed E-state index contributed by atoms with van der Waals surface area (Å²) >= 11 is 0. The summed E-state index contributed by atoms with van der Waals surface area (Å²) in [5, 5.41) is 0.931. The number of halogens is 2. The van der Waals surface area contributed by atoms with E-state index in [0.29, 0.717) is 30.2 Å². The first-order valence-electron chi connectivity index (χ1n) is 12.2. The Morgan fingerprint density at radius 2 is 1.92 bits per heavy atom. The number of sulfonamides is 1. The Balaban J connectivity index is 1.44. The van der Waals surface area contributed by atoms with Crippen LogP contribution in [0.5, 0.6) is 0 Å². The van der Waals surface area contributed by atoms with E-state index in [1.165, 1.54) is 19.2 Å². The van der Waals surface area contributed by atoms with Crippen LogP contribution < -0.4 is 4.90 Å². The topological polar surface area (TPSA) is 86.0 Å². The first-order valence-corrected chi connectivity index (χ1v) is 13.6. The van der Waals surface area contributed by atoms with Gasteiger partial charge >= 0.3 is 0 Å². The number of fused-ring (bicyclic) bond motifs is 1. The Morgan fingerprint density at radius 3 is 2.57 bits per heavy atom. The number of para-hydroxylation sites is 1. The molecule has 2 aromatic carbocycles. The molecule has 1 N–H and O–H groups in total. The van der Waals surface area contributed by atoms with Crippen LogP contribution >= 0.6 is 0 Å². The highest BCUT2D eigenvalue weighted by Crippen LogP contribution is 2.39. The normalized spacial score (nSPS) is 17.9. The highest BCUT2D eigenvalue weighted by molar-refractivity contribution is 7.89. The monoisotopic (exact) mass is 532 g/mol. The van der Waals surface area contributed by atoms with E-state index in [1.807, 2.05) is 30.3 Å². The predicted octanol–water partition coefficient (Wildman–Crippen LogP) is 3.55. The third kappa shape index (κ3) is 5.07. The Hall–Kier alpha value is -3.02. The first kappa shape index (κ1) is 25.6. The summed E-state index contributed by atoms with van der Waals surface area (Å²) in [6, 6.07) is 14.1. The number of carbonyl (C=O) groups excluding carboxylic acids is 1. The summed E-state index contributed by atoms with van der Waals surface area (Å²) in [6.07, 6.45) is -0.212. The molecule has 11 heteroatoms. The van der Waals surface area contributed by atoms with Crippen LogP contribution in [0.25, 0.3) is 22.2 Å². The van der Waals surface area contributed by atoms with Crippen molar-refractivity contribution in [1.29, 1.82) is 0 Å². The lowest BCUT2D eigenvalue weighted by atomic mass is 10.1. The number of hydrogen-bond donors (Lipinski definition) is 1. The van der Waals surface area contributed by atoms with Crippen LogP contribution in [0, 0.1) is 0 Å². The minimum absolute atomic E-state index is 0.0148. The van der Waals surface area contributed by atoms with Crippen molar-refractivity contribution in [3.05, 3.63) is 48.5 Å². The van der Waals surface area contributed by atoms with E-state index in [4.69, 9.17) is 4.74 Å². The molecule has 0 bridgehead atoms. The molecule has 2 fully saturated rings. The van der Waals surface area contributed by atoms with Crippen LogP contribution in [0.1, 0.15) is 12.8 Å². The van der Waals surface area contributed by atoms with E-state index in [-0.39, 0.29) is 42.8 Å². The number of ether oxygens (including phenoxy) is 1. The number of likely N-dealkylation sites (N-methyl/N-ethyl adjacent to an activating group) is 1. The number of benzene rings is 2. The molecule has 0 atom stereocenters. The molecular formula is C26H30F2N4O4S. The highest BCUT2D eigenvalue weighted by Gasteiger charge is 2.39. The zero-order valence-electron chi connectivity index (χ0n) is 20.8. The van der Waals surface area contributed by atoms with E-state index in [0.717, 1.165) is 15.2 Å². The lowest BCUT2D eigenvalue weighted by Gasteiger charge is -2.34. The number of anilines is 1. The fraction of sp³-hybridized carbons (Fsp3) is 0.423. The minimum Gasteiger partial charge on any atom is -0.377 e. The maximum absolute atomic E-state index is 14.0. The zero-order valence-corrected chi connectivity index (χ0v) is 21.6. The average Bonchev–Trinajstić information content (AvgIpc) is 3.43. The largest absolute Gasteiger partial charge is 0.377 e. The number of alkyl halides is 2. The van der Waals surface area contributed by atoms with Gasteiger partial charge < -0.3 is 19.5 Å². The van der Waals surface area contributed by atoms with Crippen molar-refractivity contribution in [2.24, 2.45) is 0 Å². The van der Waals surface area contributed by atoms with Gasteiger partial charge in [0.25, 0.3) is 5.92 Å².